The summed E-state index contributed by atoms with van der Waals surface area (Å²) in [5.41, 5.74) is 2.49. The van der Waals surface area contributed by atoms with Crippen molar-refractivity contribution in [2.24, 2.45) is 0 Å². The molecule has 0 spiro atoms. The summed E-state index contributed by atoms with van der Waals surface area (Å²) >= 11 is 0. The van der Waals surface area contributed by atoms with Crippen LogP contribution in [0.2, 0.25) is 0 Å². The number of piperazine rings is 1. The largest absolute Gasteiger partial charge is 0.455 e. The predicted molar refractivity (Wildman–Crippen MR) is 101 cm³/mol. The van der Waals surface area contributed by atoms with Crippen LogP contribution in [0.25, 0.3) is 0 Å². The van der Waals surface area contributed by atoms with Crippen LogP contribution in [0.3, 0.4) is 0 Å². The average molecular weight is 370 g/mol. The van der Waals surface area contributed by atoms with E-state index in [-0.39, 0.29) is 24.8 Å². The number of ether oxygens (including phenoxy) is 1. The zero-order chi connectivity index (χ0) is 19.2. The van der Waals surface area contributed by atoms with Gasteiger partial charge in [-0.3, -0.25) is 9.59 Å². The van der Waals surface area contributed by atoms with Crippen LogP contribution in [0.15, 0.2) is 48.5 Å². The van der Waals surface area contributed by atoms with Crippen LogP contribution in [0, 0.1) is 12.7 Å². The number of esters is 1. The van der Waals surface area contributed by atoms with Crippen LogP contribution in [-0.4, -0.2) is 49.6 Å². The van der Waals surface area contributed by atoms with Crippen molar-refractivity contribution in [3.8, 4) is 0 Å². The molecule has 1 amide bonds. The van der Waals surface area contributed by atoms with E-state index in [4.69, 9.17) is 4.74 Å². The van der Waals surface area contributed by atoms with Crippen molar-refractivity contribution in [1.29, 1.82) is 0 Å². The minimum atomic E-state index is -0.418. The third-order valence-corrected chi connectivity index (χ3v) is 4.61. The van der Waals surface area contributed by atoms with Gasteiger partial charge in [0, 0.05) is 26.2 Å². The molecular formula is C21H23FN2O3. The van der Waals surface area contributed by atoms with Gasteiger partial charge in [0.2, 0.25) is 0 Å². The zero-order valence-electron chi connectivity index (χ0n) is 15.4. The lowest BCUT2D eigenvalue weighted by Gasteiger charge is -2.36. The molecule has 1 saturated heterocycles. The van der Waals surface area contributed by atoms with Crippen LogP contribution in [0.5, 0.6) is 0 Å². The Kier molecular flexibility index (Phi) is 6.06. The molecule has 3 rings (SSSR count). The minimum absolute atomic E-state index is 0.149. The van der Waals surface area contributed by atoms with Crippen molar-refractivity contribution in [2.75, 3.05) is 37.7 Å². The van der Waals surface area contributed by atoms with E-state index in [9.17, 15) is 14.0 Å². The van der Waals surface area contributed by atoms with Gasteiger partial charge in [-0.1, -0.05) is 42.0 Å². The molecule has 0 bridgehead atoms. The molecule has 5 nitrogen and oxygen atoms in total. The molecule has 0 aliphatic carbocycles. The Hall–Kier alpha value is -2.89. The molecule has 0 unspecified atom stereocenters. The third kappa shape index (κ3) is 5.06. The van der Waals surface area contributed by atoms with E-state index < -0.39 is 5.97 Å². The van der Waals surface area contributed by atoms with Crippen molar-refractivity contribution in [1.82, 2.24) is 4.90 Å². The number of rotatable bonds is 5. The SMILES string of the molecule is Cc1cccc(CC(=O)OCC(=O)N2CCN(c3ccccc3F)CC2)c1. The highest BCUT2D eigenvalue weighted by molar-refractivity contribution is 5.81. The number of nitrogens with zero attached hydrogens (tertiary/aromatic N) is 2. The number of aryl methyl sites for hydroxylation is 1. The topological polar surface area (TPSA) is 49.9 Å². The maximum atomic E-state index is 13.9. The quantitative estimate of drug-likeness (QED) is 0.759. The molecule has 0 atom stereocenters. The minimum Gasteiger partial charge on any atom is -0.455 e. The highest BCUT2D eigenvalue weighted by atomic mass is 19.1. The van der Waals surface area contributed by atoms with Gasteiger partial charge in [0.1, 0.15) is 5.82 Å². The smallest absolute Gasteiger partial charge is 0.310 e. The maximum Gasteiger partial charge on any atom is 0.310 e. The fourth-order valence-corrected chi connectivity index (χ4v) is 3.18. The second-order valence-corrected chi connectivity index (χ2v) is 6.65. The van der Waals surface area contributed by atoms with Crippen LogP contribution >= 0.6 is 0 Å². The molecule has 0 N–H and O–H groups in total. The summed E-state index contributed by atoms with van der Waals surface area (Å²) in [6.45, 7) is 3.74. The molecular weight excluding hydrogens is 347 g/mol. The molecule has 1 fully saturated rings. The van der Waals surface area contributed by atoms with Crippen molar-refractivity contribution in [3.63, 3.8) is 0 Å². The predicted octanol–water partition coefficient (Wildman–Crippen LogP) is 2.57. The summed E-state index contributed by atoms with van der Waals surface area (Å²) in [6, 6.07) is 14.2. The van der Waals surface area contributed by atoms with Crippen molar-refractivity contribution >= 4 is 17.6 Å². The lowest BCUT2D eigenvalue weighted by Crippen LogP contribution is -2.50. The van der Waals surface area contributed by atoms with Gasteiger partial charge in [-0.25, -0.2) is 4.39 Å². The number of halogens is 1. The summed E-state index contributed by atoms with van der Waals surface area (Å²) in [6.07, 6.45) is 0.149. The molecule has 142 valence electrons. The van der Waals surface area contributed by atoms with E-state index in [0.29, 0.717) is 31.9 Å². The Balaban J connectivity index is 1.44. The van der Waals surface area contributed by atoms with Crippen LogP contribution in [0.4, 0.5) is 10.1 Å². The summed E-state index contributed by atoms with van der Waals surface area (Å²) in [5.74, 6) is -0.901. The van der Waals surface area contributed by atoms with Crippen LogP contribution in [0.1, 0.15) is 11.1 Å². The Labute approximate surface area is 158 Å². The number of hydrogen-bond acceptors (Lipinski definition) is 4. The first-order valence-electron chi connectivity index (χ1n) is 9.01. The summed E-state index contributed by atoms with van der Waals surface area (Å²) < 4.78 is 19.0. The van der Waals surface area contributed by atoms with E-state index >= 15 is 0 Å². The molecule has 27 heavy (non-hydrogen) atoms. The Morgan fingerprint density at radius 1 is 1.04 bits per heavy atom. The highest BCUT2D eigenvalue weighted by Gasteiger charge is 2.23. The lowest BCUT2D eigenvalue weighted by atomic mass is 10.1. The normalized spacial score (nSPS) is 14.1. The van der Waals surface area contributed by atoms with Crippen molar-refractivity contribution < 1.29 is 18.7 Å². The van der Waals surface area contributed by atoms with Gasteiger partial charge in [-0.2, -0.15) is 0 Å². The standard InChI is InChI=1S/C21H23FN2O3/c1-16-5-4-6-17(13-16)14-21(26)27-15-20(25)24-11-9-23(10-12-24)19-8-3-2-7-18(19)22/h2-8,13H,9-12,14-15H2,1H3. The first-order valence-corrected chi connectivity index (χ1v) is 9.01. The molecule has 2 aromatic carbocycles. The fourth-order valence-electron chi connectivity index (χ4n) is 3.18. The molecule has 6 heteroatoms. The number of amides is 1. The first kappa shape index (κ1) is 18.9. The lowest BCUT2D eigenvalue weighted by molar-refractivity contribution is -0.151. The van der Waals surface area contributed by atoms with Crippen LogP contribution < -0.4 is 4.90 Å². The van der Waals surface area contributed by atoms with Gasteiger partial charge in [-0.05, 0) is 24.6 Å². The van der Waals surface area contributed by atoms with Gasteiger partial charge in [-0.15, -0.1) is 0 Å². The highest BCUT2D eigenvalue weighted by Crippen LogP contribution is 2.20. The molecule has 1 heterocycles. The number of para-hydroxylation sites is 1. The second kappa shape index (κ2) is 8.66. The maximum absolute atomic E-state index is 13.9. The Bertz CT molecular complexity index is 817. The van der Waals surface area contributed by atoms with Crippen LogP contribution in [-0.2, 0) is 20.7 Å². The third-order valence-electron chi connectivity index (χ3n) is 4.61. The molecule has 1 aliphatic heterocycles. The molecule has 0 saturated carbocycles. The monoisotopic (exact) mass is 370 g/mol. The van der Waals surface area contributed by atoms with Gasteiger partial charge in [0.05, 0.1) is 12.1 Å². The summed E-state index contributed by atoms with van der Waals surface area (Å²) in [7, 11) is 0. The second-order valence-electron chi connectivity index (χ2n) is 6.65. The van der Waals surface area contributed by atoms with Gasteiger partial charge < -0.3 is 14.5 Å². The van der Waals surface area contributed by atoms with Gasteiger partial charge in [0.15, 0.2) is 6.61 Å². The average Bonchev–Trinajstić information content (AvgIpc) is 2.67. The summed E-state index contributed by atoms with van der Waals surface area (Å²) in [5, 5.41) is 0. The number of carbonyl (C=O) groups is 2. The number of hydrogen-bond donors (Lipinski definition) is 0. The zero-order valence-corrected chi connectivity index (χ0v) is 15.4. The Morgan fingerprint density at radius 3 is 2.48 bits per heavy atom. The van der Waals surface area contributed by atoms with Gasteiger partial charge >= 0.3 is 5.97 Å². The first-order chi connectivity index (χ1) is 13.0. The summed E-state index contributed by atoms with van der Waals surface area (Å²) in [4.78, 5) is 27.8. The van der Waals surface area contributed by atoms with E-state index in [1.807, 2.05) is 36.1 Å². The molecule has 1 aliphatic rings. The van der Waals surface area contributed by atoms with Gasteiger partial charge in [0.25, 0.3) is 5.91 Å². The molecule has 0 aromatic heterocycles. The van der Waals surface area contributed by atoms with E-state index in [2.05, 4.69) is 0 Å². The molecule has 2 aromatic rings. The van der Waals surface area contributed by atoms with E-state index in [0.717, 1.165) is 11.1 Å². The van der Waals surface area contributed by atoms with Crippen molar-refractivity contribution in [2.45, 2.75) is 13.3 Å². The van der Waals surface area contributed by atoms with E-state index in [1.165, 1.54) is 6.07 Å². The van der Waals surface area contributed by atoms with E-state index in [1.54, 1.807) is 23.1 Å². The number of carbonyl (C=O) groups excluding carboxylic acids is 2. The number of anilines is 1. The molecule has 0 radical (unpaired) electrons. The van der Waals surface area contributed by atoms with Crippen molar-refractivity contribution in [3.05, 3.63) is 65.5 Å². The number of benzene rings is 2. The fraction of sp³-hybridized carbons (Fsp3) is 0.333. The Morgan fingerprint density at radius 2 is 1.78 bits per heavy atom.